The third-order valence-corrected chi connectivity index (χ3v) is 3.24. The van der Waals surface area contributed by atoms with E-state index in [-0.39, 0.29) is 17.4 Å². The fourth-order valence-corrected chi connectivity index (χ4v) is 2.32. The lowest BCUT2D eigenvalue weighted by Gasteiger charge is -2.39. The summed E-state index contributed by atoms with van der Waals surface area (Å²) in [6, 6.07) is 0. The van der Waals surface area contributed by atoms with E-state index in [1.165, 1.54) is 0 Å². The fourth-order valence-electron chi connectivity index (χ4n) is 2.10. The average Bonchev–Trinajstić information content (AvgIpc) is 2.23. The maximum Gasteiger partial charge on any atom is 0.232 e. The van der Waals surface area contributed by atoms with Crippen LogP contribution in [0, 0.1) is 5.92 Å². The van der Waals surface area contributed by atoms with Gasteiger partial charge in [0.05, 0.1) is 23.1 Å². The Morgan fingerprint density at radius 3 is 2.71 bits per heavy atom. The minimum absolute atomic E-state index is 0.0516. The summed E-state index contributed by atoms with van der Waals surface area (Å²) >= 11 is 4.98. The van der Waals surface area contributed by atoms with Gasteiger partial charge in [0.15, 0.2) is 0 Å². The molecule has 0 aliphatic carbocycles. The number of ether oxygens (including phenoxy) is 1. The molecule has 0 aromatic carbocycles. The quantitative estimate of drug-likeness (QED) is 0.773. The number of carbonyl (C=O) groups excluding carboxylic acids is 1. The van der Waals surface area contributed by atoms with E-state index in [0.717, 1.165) is 12.8 Å². The summed E-state index contributed by atoms with van der Waals surface area (Å²) in [5.41, 5.74) is 5.37. The Hall–Kier alpha value is -0.680. The van der Waals surface area contributed by atoms with E-state index in [4.69, 9.17) is 22.7 Å². The highest BCUT2D eigenvalue weighted by molar-refractivity contribution is 7.80. The lowest BCUT2D eigenvalue weighted by atomic mass is 10.00. The van der Waals surface area contributed by atoms with Crippen LogP contribution in [0.3, 0.4) is 0 Å². The lowest BCUT2D eigenvalue weighted by molar-refractivity contribution is -0.148. The van der Waals surface area contributed by atoms with Crippen LogP contribution >= 0.6 is 12.2 Å². The monoisotopic (exact) mass is 258 g/mol. The summed E-state index contributed by atoms with van der Waals surface area (Å²) in [7, 11) is 0. The van der Waals surface area contributed by atoms with Crippen LogP contribution in [-0.4, -0.2) is 41.1 Å². The van der Waals surface area contributed by atoms with E-state index in [0.29, 0.717) is 24.7 Å². The first kappa shape index (κ1) is 14.4. The molecule has 1 unspecified atom stereocenters. The molecular formula is C12H22N2O2S. The van der Waals surface area contributed by atoms with Crippen molar-refractivity contribution in [1.82, 2.24) is 4.90 Å². The Balaban J connectivity index is 2.70. The standard InChI is InChI=1S/C12H22N2O2S/c1-4-5-9(10(13)17)11(15)14-6-7-16-12(2,3)8-14/h9H,4-8H2,1-3H3,(H2,13,17). The van der Waals surface area contributed by atoms with Crippen LogP contribution in [0.2, 0.25) is 0 Å². The van der Waals surface area contributed by atoms with Gasteiger partial charge in [0, 0.05) is 13.1 Å². The zero-order chi connectivity index (χ0) is 13.1. The molecule has 1 aliphatic heterocycles. The van der Waals surface area contributed by atoms with Crippen molar-refractivity contribution in [2.24, 2.45) is 11.7 Å². The number of rotatable bonds is 4. The molecule has 98 valence electrons. The molecule has 1 rings (SSSR count). The van der Waals surface area contributed by atoms with Crippen molar-refractivity contribution in [1.29, 1.82) is 0 Å². The normalized spacial score (nSPS) is 21.0. The largest absolute Gasteiger partial charge is 0.393 e. The first-order valence-corrected chi connectivity index (χ1v) is 6.50. The second-order valence-corrected chi connectivity index (χ2v) is 5.58. The third-order valence-electron chi connectivity index (χ3n) is 2.96. The molecular weight excluding hydrogens is 236 g/mol. The third kappa shape index (κ3) is 3.92. The Kier molecular flexibility index (Phi) is 4.89. The first-order chi connectivity index (χ1) is 7.87. The molecule has 1 amide bonds. The number of morpholine rings is 1. The highest BCUT2D eigenvalue weighted by Crippen LogP contribution is 2.20. The molecule has 5 heteroatoms. The van der Waals surface area contributed by atoms with Crippen LogP contribution in [-0.2, 0) is 9.53 Å². The molecule has 1 heterocycles. The van der Waals surface area contributed by atoms with Gasteiger partial charge in [-0.05, 0) is 20.3 Å². The molecule has 0 radical (unpaired) electrons. The molecule has 1 saturated heterocycles. The highest BCUT2D eigenvalue weighted by Gasteiger charge is 2.33. The SMILES string of the molecule is CCCC(C(=O)N1CCOC(C)(C)C1)C(N)=S. The Morgan fingerprint density at radius 1 is 1.59 bits per heavy atom. The summed E-state index contributed by atoms with van der Waals surface area (Å²) < 4.78 is 5.59. The number of hydrogen-bond acceptors (Lipinski definition) is 3. The summed E-state index contributed by atoms with van der Waals surface area (Å²) in [6.07, 6.45) is 1.63. The number of thiocarbonyl (C=S) groups is 1. The van der Waals surface area contributed by atoms with Crippen LogP contribution in [0.4, 0.5) is 0 Å². The van der Waals surface area contributed by atoms with Crippen LogP contribution in [0.1, 0.15) is 33.6 Å². The van der Waals surface area contributed by atoms with E-state index in [9.17, 15) is 4.79 Å². The van der Waals surface area contributed by atoms with Crippen LogP contribution < -0.4 is 5.73 Å². The second kappa shape index (κ2) is 5.78. The van der Waals surface area contributed by atoms with Crippen LogP contribution in [0.15, 0.2) is 0 Å². The molecule has 1 atom stereocenters. The van der Waals surface area contributed by atoms with E-state index in [1.807, 2.05) is 25.7 Å². The molecule has 0 aromatic heterocycles. The molecule has 17 heavy (non-hydrogen) atoms. The van der Waals surface area contributed by atoms with Gasteiger partial charge < -0.3 is 15.4 Å². The van der Waals surface area contributed by atoms with Crippen molar-refractivity contribution in [3.8, 4) is 0 Å². The van der Waals surface area contributed by atoms with Gasteiger partial charge in [-0.2, -0.15) is 0 Å². The zero-order valence-electron chi connectivity index (χ0n) is 10.9. The summed E-state index contributed by atoms with van der Waals surface area (Å²) in [6.45, 7) is 7.82. The molecule has 2 N–H and O–H groups in total. The second-order valence-electron chi connectivity index (χ2n) is 5.11. The van der Waals surface area contributed by atoms with Gasteiger partial charge in [0.25, 0.3) is 0 Å². The highest BCUT2D eigenvalue weighted by atomic mass is 32.1. The predicted octanol–water partition coefficient (Wildman–Crippen LogP) is 1.33. The van der Waals surface area contributed by atoms with Gasteiger partial charge in [-0.3, -0.25) is 4.79 Å². The van der Waals surface area contributed by atoms with Gasteiger partial charge in [0.1, 0.15) is 0 Å². The molecule has 1 aliphatic rings. The Labute approximate surface area is 108 Å². The molecule has 0 spiro atoms. The number of nitrogens with zero attached hydrogens (tertiary/aromatic N) is 1. The number of hydrogen-bond donors (Lipinski definition) is 1. The van der Waals surface area contributed by atoms with Gasteiger partial charge in [0.2, 0.25) is 5.91 Å². The topological polar surface area (TPSA) is 55.6 Å². The maximum absolute atomic E-state index is 12.3. The number of nitrogens with two attached hydrogens (primary N) is 1. The van der Waals surface area contributed by atoms with Crippen molar-refractivity contribution in [2.45, 2.75) is 39.2 Å². The lowest BCUT2D eigenvalue weighted by Crippen LogP contribution is -2.53. The van der Waals surface area contributed by atoms with Crippen molar-refractivity contribution in [3.63, 3.8) is 0 Å². The van der Waals surface area contributed by atoms with E-state index < -0.39 is 0 Å². The predicted molar refractivity (Wildman–Crippen MR) is 71.8 cm³/mol. The Morgan fingerprint density at radius 2 is 2.24 bits per heavy atom. The van der Waals surface area contributed by atoms with E-state index in [1.54, 1.807) is 0 Å². The summed E-state index contributed by atoms with van der Waals surface area (Å²) in [5, 5.41) is 0. The van der Waals surface area contributed by atoms with Crippen molar-refractivity contribution in [2.75, 3.05) is 19.7 Å². The molecule has 0 saturated carbocycles. The summed E-state index contributed by atoms with van der Waals surface area (Å²) in [4.78, 5) is 14.4. The fraction of sp³-hybridized carbons (Fsp3) is 0.833. The van der Waals surface area contributed by atoms with Crippen molar-refractivity contribution in [3.05, 3.63) is 0 Å². The maximum atomic E-state index is 12.3. The number of carbonyl (C=O) groups is 1. The van der Waals surface area contributed by atoms with Gasteiger partial charge >= 0.3 is 0 Å². The van der Waals surface area contributed by atoms with Gasteiger partial charge in [-0.15, -0.1) is 0 Å². The number of amides is 1. The van der Waals surface area contributed by atoms with Crippen molar-refractivity contribution < 1.29 is 9.53 Å². The average molecular weight is 258 g/mol. The summed E-state index contributed by atoms with van der Waals surface area (Å²) in [5.74, 6) is -0.264. The van der Waals surface area contributed by atoms with Crippen molar-refractivity contribution >= 4 is 23.1 Å². The molecule has 0 bridgehead atoms. The molecule has 1 fully saturated rings. The van der Waals surface area contributed by atoms with Gasteiger partial charge in [-0.1, -0.05) is 25.6 Å². The van der Waals surface area contributed by atoms with Gasteiger partial charge in [-0.25, -0.2) is 0 Å². The molecule has 0 aromatic rings. The smallest absolute Gasteiger partial charge is 0.232 e. The van der Waals surface area contributed by atoms with Crippen LogP contribution in [0.25, 0.3) is 0 Å². The first-order valence-electron chi connectivity index (χ1n) is 6.09. The minimum atomic E-state index is -0.316. The van der Waals surface area contributed by atoms with Crippen LogP contribution in [0.5, 0.6) is 0 Å². The zero-order valence-corrected chi connectivity index (χ0v) is 11.7. The Bertz CT molecular complexity index is 305. The van der Waals surface area contributed by atoms with E-state index in [2.05, 4.69) is 0 Å². The van der Waals surface area contributed by atoms with E-state index >= 15 is 0 Å². The molecule has 4 nitrogen and oxygen atoms in total. The minimum Gasteiger partial charge on any atom is -0.393 e.